The number of allylic oxidation sites excluding steroid dienone is 4. The van der Waals surface area contributed by atoms with Crippen molar-refractivity contribution in [3.63, 3.8) is 0 Å². The summed E-state index contributed by atoms with van der Waals surface area (Å²) in [5.41, 5.74) is 1.78. The van der Waals surface area contributed by atoms with E-state index in [1.54, 1.807) is 7.11 Å². The van der Waals surface area contributed by atoms with E-state index in [1.165, 1.54) is 36.7 Å². The fourth-order valence-electron chi connectivity index (χ4n) is 5.48. The molecule has 0 unspecified atom stereocenters. The summed E-state index contributed by atoms with van der Waals surface area (Å²) in [7, 11) is 1.63. The van der Waals surface area contributed by atoms with Crippen LogP contribution in [0, 0.1) is 0 Å². The first kappa shape index (κ1) is 37.1. The molecule has 0 radical (unpaired) electrons. The predicted octanol–water partition coefficient (Wildman–Crippen LogP) is 9.61. The zero-order chi connectivity index (χ0) is 32.2. The highest BCUT2D eigenvalue weighted by Crippen LogP contribution is 2.27. The van der Waals surface area contributed by atoms with Crippen molar-refractivity contribution >= 4 is 23.0 Å². The lowest BCUT2D eigenvalue weighted by Crippen LogP contribution is -2.38. The second-order valence-corrected chi connectivity index (χ2v) is 12.1. The molecule has 246 valence electrons. The number of nitrogens with zero attached hydrogens (tertiary/aromatic N) is 2. The molecule has 0 saturated carbocycles. The van der Waals surface area contributed by atoms with E-state index in [0.29, 0.717) is 18.5 Å². The number of hydrogen-bond donors (Lipinski definition) is 0. The van der Waals surface area contributed by atoms with E-state index in [2.05, 4.69) is 63.8 Å². The van der Waals surface area contributed by atoms with Crippen LogP contribution in [0.1, 0.15) is 117 Å². The Bertz CT molecular complexity index is 1160. The van der Waals surface area contributed by atoms with E-state index in [4.69, 9.17) is 14.2 Å². The van der Waals surface area contributed by atoms with E-state index in [9.17, 15) is 9.59 Å². The Morgan fingerprint density at radius 2 is 1.52 bits per heavy atom. The quantitative estimate of drug-likeness (QED) is 0.0572. The first-order chi connectivity index (χ1) is 21.3. The van der Waals surface area contributed by atoms with Gasteiger partial charge in [-0.1, -0.05) is 63.3 Å². The molecule has 0 bridgehead atoms. The third kappa shape index (κ3) is 13.7. The smallest absolute Gasteiger partial charge is 0.421 e. The van der Waals surface area contributed by atoms with Crippen LogP contribution in [0.2, 0.25) is 0 Å². The number of benzene rings is 1. The minimum atomic E-state index is -0.569. The van der Waals surface area contributed by atoms with Crippen LogP contribution in [0.25, 0.3) is 10.9 Å². The van der Waals surface area contributed by atoms with Gasteiger partial charge in [0.15, 0.2) is 0 Å². The predicted molar refractivity (Wildman–Crippen MR) is 181 cm³/mol. The number of aromatic nitrogens is 1. The maximum Gasteiger partial charge on any atom is 0.421 e. The Balaban J connectivity index is 1.70. The van der Waals surface area contributed by atoms with Gasteiger partial charge >= 0.3 is 12.1 Å². The van der Waals surface area contributed by atoms with E-state index >= 15 is 0 Å². The number of carbonyl (C=O) groups is 2. The van der Waals surface area contributed by atoms with Crippen molar-refractivity contribution in [1.82, 2.24) is 9.47 Å². The Hall–Kier alpha value is -3.06. The molecule has 44 heavy (non-hydrogen) atoms. The van der Waals surface area contributed by atoms with Crippen molar-refractivity contribution < 1.29 is 23.8 Å². The molecule has 1 heterocycles. The topological polar surface area (TPSA) is 70.0 Å². The molecule has 0 atom stereocenters. The maximum atomic E-state index is 13.0. The van der Waals surface area contributed by atoms with Gasteiger partial charge in [0.25, 0.3) is 0 Å². The fraction of sp³-hybridized carbons (Fsp3) is 0.622. The van der Waals surface area contributed by atoms with E-state index in [-0.39, 0.29) is 5.97 Å². The van der Waals surface area contributed by atoms with Crippen molar-refractivity contribution in [2.75, 3.05) is 20.4 Å². The number of unbranched alkanes of at least 4 members (excludes halogenated alkanes) is 8. The summed E-state index contributed by atoms with van der Waals surface area (Å²) in [6.45, 7) is 11.5. The molecule has 0 saturated heterocycles. The van der Waals surface area contributed by atoms with Crippen LogP contribution in [-0.2, 0) is 20.7 Å². The minimum Gasteiger partial charge on any atom is -0.497 e. The number of hydrogen-bond acceptors (Lipinski definition) is 6. The van der Waals surface area contributed by atoms with Crippen molar-refractivity contribution in [2.45, 2.75) is 130 Å². The highest BCUT2D eigenvalue weighted by atomic mass is 16.7. The molecule has 7 heteroatoms. The molecule has 2 rings (SSSR count). The van der Waals surface area contributed by atoms with Gasteiger partial charge in [-0.05, 0) is 96.4 Å². The number of fused-ring (bicyclic) bond motifs is 1. The third-order valence-electron chi connectivity index (χ3n) is 7.99. The van der Waals surface area contributed by atoms with Crippen molar-refractivity contribution in [3.8, 4) is 5.75 Å². The van der Waals surface area contributed by atoms with Gasteiger partial charge in [-0.3, -0.25) is 14.3 Å². The minimum absolute atomic E-state index is 0.334. The summed E-state index contributed by atoms with van der Waals surface area (Å²) < 4.78 is 17.5. The average Bonchev–Trinajstić information content (AvgIpc) is 3.36. The molecule has 2 aromatic rings. The second-order valence-electron chi connectivity index (χ2n) is 12.1. The van der Waals surface area contributed by atoms with Crippen LogP contribution >= 0.6 is 0 Å². The molecular weight excluding hydrogens is 552 g/mol. The van der Waals surface area contributed by atoms with Crippen LogP contribution < -0.4 is 4.74 Å². The molecule has 1 aromatic carbocycles. The van der Waals surface area contributed by atoms with Crippen LogP contribution in [-0.4, -0.2) is 54.1 Å². The van der Waals surface area contributed by atoms with Crippen molar-refractivity contribution in [1.29, 1.82) is 0 Å². The number of esters is 1. The lowest BCUT2D eigenvalue weighted by Gasteiger charge is -2.30. The molecule has 1 aromatic heterocycles. The van der Waals surface area contributed by atoms with Gasteiger partial charge in [-0.2, -0.15) is 0 Å². The van der Waals surface area contributed by atoms with E-state index < -0.39 is 12.9 Å². The molecule has 0 aliphatic carbocycles. The first-order valence-corrected chi connectivity index (χ1v) is 16.8. The molecule has 0 spiro atoms. The van der Waals surface area contributed by atoms with Gasteiger partial charge in [0.1, 0.15) is 5.75 Å². The Kier molecular flexibility index (Phi) is 18.2. The summed E-state index contributed by atoms with van der Waals surface area (Å²) in [5, 5.41) is 0.951. The highest BCUT2D eigenvalue weighted by Gasteiger charge is 2.19. The van der Waals surface area contributed by atoms with Gasteiger partial charge in [-0.25, -0.2) is 4.79 Å². The molecule has 0 aliphatic rings. The molecule has 0 fully saturated rings. The monoisotopic (exact) mass is 610 g/mol. The summed E-state index contributed by atoms with van der Waals surface area (Å²) >= 11 is 0. The average molecular weight is 611 g/mol. The third-order valence-corrected chi connectivity index (χ3v) is 7.99. The number of rotatable bonds is 22. The molecule has 7 nitrogen and oxygen atoms in total. The Morgan fingerprint density at radius 1 is 0.864 bits per heavy atom. The normalized spacial score (nSPS) is 12.0. The van der Waals surface area contributed by atoms with Crippen LogP contribution in [0.15, 0.2) is 48.7 Å². The Labute approximate surface area is 266 Å². The summed E-state index contributed by atoms with van der Waals surface area (Å²) in [5.74, 6) is 0.394. The molecule has 0 aliphatic heterocycles. The van der Waals surface area contributed by atoms with E-state index in [0.717, 1.165) is 73.7 Å². The second kappa shape index (κ2) is 21.6. The lowest BCUT2D eigenvalue weighted by atomic mass is 10.1. The molecule has 0 amide bonds. The number of methoxy groups -OCH3 is 1. The van der Waals surface area contributed by atoms with Crippen molar-refractivity contribution in [2.24, 2.45) is 0 Å². The van der Waals surface area contributed by atoms with Gasteiger partial charge in [-0.15, -0.1) is 0 Å². The van der Waals surface area contributed by atoms with Gasteiger partial charge < -0.3 is 14.2 Å². The number of carbonyl (C=O) groups excluding carboxylic acids is 2. The fourth-order valence-corrected chi connectivity index (χ4v) is 5.48. The lowest BCUT2D eigenvalue weighted by molar-refractivity contribution is -0.151. The summed E-state index contributed by atoms with van der Waals surface area (Å²) in [6.07, 6.45) is 23.9. The van der Waals surface area contributed by atoms with Gasteiger partial charge in [0, 0.05) is 36.6 Å². The number of ether oxygens (including phenoxy) is 3. The maximum absolute atomic E-state index is 13.0. The molecular formula is C37H58N2O5. The Morgan fingerprint density at radius 3 is 2.18 bits per heavy atom. The van der Waals surface area contributed by atoms with Crippen LogP contribution in [0.4, 0.5) is 4.79 Å². The van der Waals surface area contributed by atoms with Gasteiger partial charge in [0.05, 0.1) is 12.6 Å². The first-order valence-electron chi connectivity index (χ1n) is 16.8. The summed E-state index contributed by atoms with van der Waals surface area (Å²) in [6, 6.07) is 6.48. The van der Waals surface area contributed by atoms with Crippen LogP contribution in [0.5, 0.6) is 5.75 Å². The van der Waals surface area contributed by atoms with Crippen LogP contribution in [0.3, 0.4) is 0 Å². The SMILES string of the molecule is CCCCC/C=C\C/C=C\CCCCCCCC(=O)OCOC(=O)n1cc(CCN(C(C)C)C(C)C)c2cc(OC)ccc21. The van der Waals surface area contributed by atoms with Crippen molar-refractivity contribution in [3.05, 3.63) is 54.3 Å². The summed E-state index contributed by atoms with van der Waals surface area (Å²) in [4.78, 5) is 27.6. The largest absolute Gasteiger partial charge is 0.497 e. The highest BCUT2D eigenvalue weighted by molar-refractivity contribution is 5.92. The van der Waals surface area contributed by atoms with Gasteiger partial charge in [0.2, 0.25) is 6.79 Å². The van der Waals surface area contributed by atoms with E-state index in [1.807, 2.05) is 24.4 Å². The zero-order valence-electron chi connectivity index (χ0n) is 28.3. The standard InChI is InChI=1S/C37H58N2O5/c1-7-8-9-10-11-12-13-14-15-16-17-18-19-20-21-22-36(40)43-29-44-37(41)39-28-32(25-26-38(30(2)3)31(4)5)34-27-33(42-6)23-24-35(34)39/h11-12,14-15,23-24,27-28,30-31H,7-10,13,16-22,25-26,29H2,1-6H3/b12-11-,15-14-. The zero-order valence-corrected chi connectivity index (χ0v) is 28.3. The molecule has 0 N–H and O–H groups in total.